The van der Waals surface area contributed by atoms with Crippen LogP contribution in [0.4, 0.5) is 11.5 Å². The van der Waals surface area contributed by atoms with Crippen LogP contribution in [0.5, 0.6) is 5.88 Å². The second kappa shape index (κ2) is 10.4. The Labute approximate surface area is 178 Å². The Morgan fingerprint density at radius 2 is 1.97 bits per heavy atom. The van der Waals surface area contributed by atoms with Gasteiger partial charge in [-0.05, 0) is 38.4 Å². The van der Waals surface area contributed by atoms with Crippen LogP contribution in [0.2, 0.25) is 0 Å². The van der Waals surface area contributed by atoms with Crippen LogP contribution in [0.1, 0.15) is 24.0 Å². The van der Waals surface area contributed by atoms with Gasteiger partial charge in [-0.1, -0.05) is 29.8 Å². The number of ether oxygens (including phenoxy) is 2. The van der Waals surface area contributed by atoms with Gasteiger partial charge in [0.15, 0.2) is 5.82 Å². The zero-order valence-electron chi connectivity index (χ0n) is 17.7. The smallest absolute Gasteiger partial charge is 0.217 e. The highest BCUT2D eigenvalue weighted by Gasteiger charge is 2.15. The molecule has 1 aromatic heterocycles. The summed E-state index contributed by atoms with van der Waals surface area (Å²) in [6.45, 7) is 9.21. The highest BCUT2D eigenvalue weighted by Crippen LogP contribution is 2.25. The second-order valence-electron chi connectivity index (χ2n) is 7.83. The summed E-state index contributed by atoms with van der Waals surface area (Å²) >= 11 is 0. The van der Waals surface area contributed by atoms with Crippen molar-refractivity contribution >= 4 is 17.7 Å². The molecule has 0 bridgehead atoms. The lowest BCUT2D eigenvalue weighted by Gasteiger charge is -2.29. The molecule has 2 aliphatic rings. The van der Waals surface area contributed by atoms with E-state index >= 15 is 0 Å². The molecule has 7 heteroatoms. The Balaban J connectivity index is 1.44. The van der Waals surface area contributed by atoms with E-state index in [0.29, 0.717) is 18.3 Å². The normalized spacial score (nSPS) is 17.6. The van der Waals surface area contributed by atoms with Gasteiger partial charge in [-0.25, -0.2) is 0 Å². The van der Waals surface area contributed by atoms with E-state index in [2.05, 4.69) is 44.4 Å². The monoisotopic (exact) mass is 409 g/mol. The van der Waals surface area contributed by atoms with Crippen molar-refractivity contribution in [1.82, 2.24) is 9.88 Å². The second-order valence-corrected chi connectivity index (χ2v) is 7.83. The van der Waals surface area contributed by atoms with Crippen LogP contribution in [-0.4, -0.2) is 68.6 Å². The number of nitrogens with one attached hydrogen (secondary N) is 1. The molecule has 2 aromatic rings. The lowest BCUT2D eigenvalue weighted by Crippen LogP contribution is -2.36. The van der Waals surface area contributed by atoms with Crippen LogP contribution < -0.4 is 15.1 Å². The number of nitrogens with zero attached hydrogens (tertiary/aromatic N) is 4. The number of aromatic nitrogens is 1. The van der Waals surface area contributed by atoms with Gasteiger partial charge in [0.05, 0.1) is 19.4 Å². The third-order valence-corrected chi connectivity index (χ3v) is 5.45. The van der Waals surface area contributed by atoms with Gasteiger partial charge in [0.2, 0.25) is 5.88 Å². The van der Waals surface area contributed by atoms with Gasteiger partial charge in [0, 0.05) is 37.5 Å². The van der Waals surface area contributed by atoms with Crippen LogP contribution in [0.15, 0.2) is 41.5 Å². The van der Waals surface area contributed by atoms with E-state index in [1.165, 1.54) is 31.5 Å². The topological polar surface area (TPSA) is 62.2 Å². The maximum atomic E-state index is 6.02. The molecule has 0 unspecified atom stereocenters. The van der Waals surface area contributed by atoms with Gasteiger partial charge >= 0.3 is 0 Å². The standard InChI is InChI=1S/C23H31N5O2/c1-19-5-4-6-20(15-19)18-24-26-22-16-21(28-10-12-29-13-11-28)17-23(25-22)30-14-9-27-7-2-3-8-27/h4-6,15-18H,2-3,7-14H2,1H3,(H,25,26)/b24-18+. The largest absolute Gasteiger partial charge is 0.476 e. The number of benzene rings is 1. The summed E-state index contributed by atoms with van der Waals surface area (Å²) in [4.78, 5) is 9.36. The fourth-order valence-corrected chi connectivity index (χ4v) is 3.84. The molecule has 0 atom stereocenters. The number of anilines is 2. The molecule has 2 fully saturated rings. The molecule has 0 saturated carbocycles. The fraction of sp³-hybridized carbons (Fsp3) is 0.478. The summed E-state index contributed by atoms with van der Waals surface area (Å²) in [5.41, 5.74) is 6.41. The molecule has 4 rings (SSSR count). The maximum Gasteiger partial charge on any atom is 0.217 e. The molecule has 0 amide bonds. The first-order chi connectivity index (χ1) is 14.8. The summed E-state index contributed by atoms with van der Waals surface area (Å²) in [5.74, 6) is 1.31. The Bertz CT molecular complexity index is 845. The van der Waals surface area contributed by atoms with Gasteiger partial charge in [-0.2, -0.15) is 10.1 Å². The molecule has 0 spiro atoms. The first-order valence-electron chi connectivity index (χ1n) is 10.8. The summed E-state index contributed by atoms with van der Waals surface area (Å²) in [6, 6.07) is 12.3. The van der Waals surface area contributed by atoms with E-state index < -0.39 is 0 Å². The average molecular weight is 410 g/mol. The Hall–Kier alpha value is -2.64. The minimum Gasteiger partial charge on any atom is -0.476 e. The lowest BCUT2D eigenvalue weighted by molar-refractivity contribution is 0.122. The molecule has 160 valence electrons. The first-order valence-corrected chi connectivity index (χ1v) is 10.8. The summed E-state index contributed by atoms with van der Waals surface area (Å²) in [6.07, 6.45) is 4.39. The zero-order chi connectivity index (χ0) is 20.6. The molecular weight excluding hydrogens is 378 g/mol. The van der Waals surface area contributed by atoms with Crippen molar-refractivity contribution in [2.24, 2.45) is 5.10 Å². The molecule has 3 heterocycles. The van der Waals surface area contributed by atoms with Crippen molar-refractivity contribution in [1.29, 1.82) is 0 Å². The fourth-order valence-electron chi connectivity index (χ4n) is 3.84. The van der Waals surface area contributed by atoms with Crippen molar-refractivity contribution in [3.63, 3.8) is 0 Å². The van der Waals surface area contributed by atoms with Crippen LogP contribution in [0.25, 0.3) is 0 Å². The van der Waals surface area contributed by atoms with E-state index in [4.69, 9.17) is 9.47 Å². The minimum atomic E-state index is 0.631. The van der Waals surface area contributed by atoms with E-state index in [9.17, 15) is 0 Å². The van der Waals surface area contributed by atoms with Crippen molar-refractivity contribution in [2.75, 3.05) is 62.9 Å². The van der Waals surface area contributed by atoms with E-state index in [-0.39, 0.29) is 0 Å². The van der Waals surface area contributed by atoms with Gasteiger partial charge in [0.25, 0.3) is 0 Å². The average Bonchev–Trinajstić information content (AvgIpc) is 3.28. The number of likely N-dealkylation sites (tertiary alicyclic amines) is 1. The third kappa shape index (κ3) is 5.93. The lowest BCUT2D eigenvalue weighted by atomic mass is 10.2. The van der Waals surface area contributed by atoms with Crippen LogP contribution in [0, 0.1) is 6.92 Å². The minimum absolute atomic E-state index is 0.631. The molecule has 0 aliphatic carbocycles. The molecule has 2 saturated heterocycles. The third-order valence-electron chi connectivity index (χ3n) is 5.45. The molecule has 2 aliphatic heterocycles. The van der Waals surface area contributed by atoms with E-state index in [1.807, 2.05) is 30.5 Å². The van der Waals surface area contributed by atoms with Crippen molar-refractivity contribution in [2.45, 2.75) is 19.8 Å². The Kier molecular flexibility index (Phi) is 7.16. The highest BCUT2D eigenvalue weighted by molar-refractivity contribution is 5.80. The quantitative estimate of drug-likeness (QED) is 0.534. The summed E-state index contributed by atoms with van der Waals surface area (Å²) in [5, 5.41) is 4.38. The molecule has 1 aromatic carbocycles. The first kappa shape index (κ1) is 20.6. The Morgan fingerprint density at radius 1 is 1.13 bits per heavy atom. The SMILES string of the molecule is Cc1cccc(/C=N/Nc2cc(N3CCOCC3)cc(OCCN3CCCC3)n2)c1. The Morgan fingerprint density at radius 3 is 2.77 bits per heavy atom. The molecule has 30 heavy (non-hydrogen) atoms. The number of pyridine rings is 1. The number of aryl methyl sites for hydroxylation is 1. The van der Waals surface area contributed by atoms with Gasteiger partial charge < -0.3 is 14.4 Å². The molecular formula is C23H31N5O2. The number of hydrazone groups is 1. The molecule has 7 nitrogen and oxygen atoms in total. The molecule has 0 radical (unpaired) electrons. The van der Waals surface area contributed by atoms with E-state index in [0.717, 1.165) is 44.1 Å². The van der Waals surface area contributed by atoms with Crippen molar-refractivity contribution in [3.05, 3.63) is 47.5 Å². The number of morpholine rings is 1. The van der Waals surface area contributed by atoms with Crippen molar-refractivity contribution in [3.8, 4) is 5.88 Å². The van der Waals surface area contributed by atoms with Crippen LogP contribution >= 0.6 is 0 Å². The van der Waals surface area contributed by atoms with Gasteiger partial charge in [-0.3, -0.25) is 10.3 Å². The van der Waals surface area contributed by atoms with Crippen molar-refractivity contribution < 1.29 is 9.47 Å². The zero-order valence-corrected chi connectivity index (χ0v) is 17.7. The summed E-state index contributed by atoms with van der Waals surface area (Å²) < 4.78 is 11.5. The predicted molar refractivity (Wildman–Crippen MR) is 121 cm³/mol. The molecule has 1 N–H and O–H groups in total. The van der Waals surface area contributed by atoms with Gasteiger partial charge in [-0.15, -0.1) is 0 Å². The number of rotatable bonds is 8. The number of hydrogen-bond acceptors (Lipinski definition) is 7. The van der Waals surface area contributed by atoms with E-state index in [1.54, 1.807) is 0 Å². The predicted octanol–water partition coefficient (Wildman–Crippen LogP) is 3.15. The summed E-state index contributed by atoms with van der Waals surface area (Å²) in [7, 11) is 0. The highest BCUT2D eigenvalue weighted by atomic mass is 16.5. The van der Waals surface area contributed by atoms with Gasteiger partial charge in [0.1, 0.15) is 6.61 Å². The van der Waals surface area contributed by atoms with Crippen LogP contribution in [-0.2, 0) is 4.74 Å². The number of hydrogen-bond donors (Lipinski definition) is 1. The maximum absolute atomic E-state index is 6.02. The van der Waals surface area contributed by atoms with Crippen LogP contribution in [0.3, 0.4) is 0 Å².